The minimum atomic E-state index is -0.407. The Bertz CT molecular complexity index is 308. The predicted octanol–water partition coefficient (Wildman–Crippen LogP) is 1.99. The van der Waals surface area contributed by atoms with Crippen molar-refractivity contribution in [2.45, 2.75) is 58.1 Å². The zero-order valence-corrected chi connectivity index (χ0v) is 12.4. The van der Waals surface area contributed by atoms with Crippen LogP contribution in [0, 0.1) is 0 Å². The van der Waals surface area contributed by atoms with Crippen LogP contribution in [0.15, 0.2) is 0 Å². The van der Waals surface area contributed by atoms with Gasteiger partial charge < -0.3 is 9.64 Å². The number of piperidine rings is 1. The first-order chi connectivity index (χ1) is 8.94. The highest BCUT2D eigenvalue weighted by Crippen LogP contribution is 2.16. The zero-order valence-electron chi connectivity index (χ0n) is 12.4. The summed E-state index contributed by atoms with van der Waals surface area (Å²) >= 11 is 0. The number of nitrogens with one attached hydrogen (secondary N) is 1. The molecule has 5 nitrogen and oxygen atoms in total. The van der Waals surface area contributed by atoms with Crippen molar-refractivity contribution in [1.29, 1.82) is 0 Å². The highest BCUT2D eigenvalue weighted by Gasteiger charge is 2.30. The van der Waals surface area contributed by atoms with Gasteiger partial charge in [0.05, 0.1) is 0 Å². The van der Waals surface area contributed by atoms with Gasteiger partial charge in [-0.15, -0.1) is 0 Å². The third-order valence-corrected chi connectivity index (χ3v) is 3.56. The number of carbonyl (C=O) groups excluding carboxylic acids is 1. The van der Waals surface area contributed by atoms with Crippen molar-refractivity contribution < 1.29 is 9.53 Å². The highest BCUT2D eigenvalue weighted by atomic mass is 16.6. The number of nitrogens with zero attached hydrogens (tertiary/aromatic N) is 2. The first-order valence-electron chi connectivity index (χ1n) is 7.43. The summed E-state index contributed by atoms with van der Waals surface area (Å²) in [5, 5.41) is 2.31. The fourth-order valence-corrected chi connectivity index (χ4v) is 2.64. The van der Waals surface area contributed by atoms with Crippen molar-refractivity contribution in [3.63, 3.8) is 0 Å². The lowest BCUT2D eigenvalue weighted by atomic mass is 10.2. The van der Waals surface area contributed by atoms with Crippen LogP contribution >= 0.6 is 0 Å². The number of ether oxygens (including phenoxy) is 1. The Balaban J connectivity index is 1.74. The van der Waals surface area contributed by atoms with Gasteiger partial charge in [0.15, 0.2) is 0 Å². The third kappa shape index (κ3) is 4.66. The number of amides is 1. The Morgan fingerprint density at radius 3 is 2.47 bits per heavy atom. The molecular weight excluding hydrogens is 242 g/mol. The first kappa shape index (κ1) is 14.6. The van der Waals surface area contributed by atoms with E-state index in [9.17, 15) is 4.79 Å². The molecule has 0 aromatic rings. The Kier molecular flexibility index (Phi) is 4.68. The maximum atomic E-state index is 12.0. The molecule has 1 amide bonds. The van der Waals surface area contributed by atoms with Crippen LogP contribution in [0.25, 0.3) is 0 Å². The van der Waals surface area contributed by atoms with E-state index in [1.165, 1.54) is 19.3 Å². The zero-order chi connectivity index (χ0) is 13.9. The van der Waals surface area contributed by atoms with Gasteiger partial charge in [0.25, 0.3) is 0 Å². The molecule has 0 saturated carbocycles. The van der Waals surface area contributed by atoms with Crippen LogP contribution in [-0.2, 0) is 4.74 Å². The van der Waals surface area contributed by atoms with E-state index in [4.69, 9.17) is 4.74 Å². The topological polar surface area (TPSA) is 44.8 Å². The summed E-state index contributed by atoms with van der Waals surface area (Å²) in [7, 11) is 0. The summed E-state index contributed by atoms with van der Waals surface area (Å²) in [6.07, 6.45) is 4.71. The Morgan fingerprint density at radius 1 is 1.16 bits per heavy atom. The van der Waals surface area contributed by atoms with Crippen molar-refractivity contribution in [3.05, 3.63) is 0 Å². The first-order valence-corrected chi connectivity index (χ1v) is 7.43. The second kappa shape index (κ2) is 6.09. The minimum Gasteiger partial charge on any atom is -0.444 e. The molecule has 2 aliphatic heterocycles. The molecule has 0 aromatic carbocycles. The average molecular weight is 269 g/mol. The van der Waals surface area contributed by atoms with Crippen LogP contribution in [0.3, 0.4) is 0 Å². The molecule has 0 bridgehead atoms. The van der Waals surface area contributed by atoms with Gasteiger partial charge in [-0.3, -0.25) is 5.43 Å². The van der Waals surface area contributed by atoms with Crippen molar-refractivity contribution in [1.82, 2.24) is 15.3 Å². The van der Waals surface area contributed by atoms with E-state index in [2.05, 4.69) is 10.4 Å². The van der Waals surface area contributed by atoms with Crippen LogP contribution in [-0.4, -0.2) is 53.8 Å². The Labute approximate surface area is 116 Å². The van der Waals surface area contributed by atoms with Crippen LogP contribution in [0.5, 0.6) is 0 Å². The smallest absolute Gasteiger partial charge is 0.410 e. The summed E-state index contributed by atoms with van der Waals surface area (Å²) in [5.41, 5.74) is 3.14. The standard InChI is InChI=1S/C14H27N3O2/c1-14(2,3)19-13(18)16-10-7-12(11-16)15-17-8-5-4-6-9-17/h12,15H,4-11H2,1-3H3. The van der Waals surface area contributed by atoms with Crippen molar-refractivity contribution >= 4 is 6.09 Å². The summed E-state index contributed by atoms with van der Waals surface area (Å²) < 4.78 is 5.41. The molecule has 0 radical (unpaired) electrons. The maximum absolute atomic E-state index is 12.0. The van der Waals surface area contributed by atoms with E-state index in [0.717, 1.165) is 32.6 Å². The van der Waals surface area contributed by atoms with Crippen LogP contribution in [0.2, 0.25) is 0 Å². The van der Waals surface area contributed by atoms with E-state index < -0.39 is 5.60 Å². The monoisotopic (exact) mass is 269 g/mol. The van der Waals surface area contributed by atoms with Gasteiger partial charge in [0.2, 0.25) is 0 Å². The fraction of sp³-hybridized carbons (Fsp3) is 0.929. The van der Waals surface area contributed by atoms with Gasteiger partial charge in [-0.2, -0.15) is 0 Å². The molecule has 19 heavy (non-hydrogen) atoms. The lowest BCUT2D eigenvalue weighted by molar-refractivity contribution is 0.0282. The molecule has 2 fully saturated rings. The Morgan fingerprint density at radius 2 is 1.84 bits per heavy atom. The van der Waals surface area contributed by atoms with Crippen molar-refractivity contribution in [2.24, 2.45) is 0 Å². The summed E-state index contributed by atoms with van der Waals surface area (Å²) in [4.78, 5) is 13.8. The van der Waals surface area contributed by atoms with E-state index in [0.29, 0.717) is 6.04 Å². The van der Waals surface area contributed by atoms with Crippen molar-refractivity contribution in [3.8, 4) is 0 Å². The average Bonchev–Trinajstić information content (AvgIpc) is 2.77. The van der Waals surface area contributed by atoms with Gasteiger partial charge in [0.1, 0.15) is 5.60 Å². The Hall–Kier alpha value is -0.810. The summed E-state index contributed by atoms with van der Waals surface area (Å²) in [6.45, 7) is 9.52. The summed E-state index contributed by atoms with van der Waals surface area (Å²) in [6, 6.07) is 0.380. The molecule has 2 rings (SSSR count). The predicted molar refractivity (Wildman–Crippen MR) is 74.8 cm³/mol. The van der Waals surface area contributed by atoms with E-state index in [1.54, 1.807) is 0 Å². The summed E-state index contributed by atoms with van der Waals surface area (Å²) in [5.74, 6) is 0. The van der Waals surface area contributed by atoms with E-state index in [-0.39, 0.29) is 6.09 Å². The molecule has 1 unspecified atom stereocenters. The molecule has 1 N–H and O–H groups in total. The number of likely N-dealkylation sites (tertiary alicyclic amines) is 1. The molecular formula is C14H27N3O2. The highest BCUT2D eigenvalue weighted by molar-refractivity contribution is 5.68. The number of hydrazine groups is 1. The maximum Gasteiger partial charge on any atom is 0.410 e. The van der Waals surface area contributed by atoms with Gasteiger partial charge >= 0.3 is 6.09 Å². The van der Waals surface area contributed by atoms with E-state index in [1.807, 2.05) is 25.7 Å². The molecule has 0 spiro atoms. The van der Waals surface area contributed by atoms with E-state index >= 15 is 0 Å². The molecule has 2 heterocycles. The second-order valence-corrected chi connectivity index (χ2v) is 6.59. The largest absolute Gasteiger partial charge is 0.444 e. The van der Waals surface area contributed by atoms with Crippen LogP contribution in [0.4, 0.5) is 4.79 Å². The van der Waals surface area contributed by atoms with Gasteiger partial charge in [-0.05, 0) is 40.0 Å². The van der Waals surface area contributed by atoms with Crippen molar-refractivity contribution in [2.75, 3.05) is 26.2 Å². The molecule has 1 atom stereocenters. The fourth-order valence-electron chi connectivity index (χ4n) is 2.64. The lowest BCUT2D eigenvalue weighted by Gasteiger charge is -2.30. The quantitative estimate of drug-likeness (QED) is 0.832. The van der Waals surface area contributed by atoms with Crippen LogP contribution < -0.4 is 5.43 Å². The van der Waals surface area contributed by atoms with Gasteiger partial charge in [-0.1, -0.05) is 6.42 Å². The molecule has 110 valence electrons. The van der Waals surface area contributed by atoms with Crippen LogP contribution in [0.1, 0.15) is 46.5 Å². The molecule has 2 aliphatic rings. The molecule has 2 saturated heterocycles. The lowest BCUT2D eigenvalue weighted by Crippen LogP contribution is -2.48. The third-order valence-electron chi connectivity index (χ3n) is 3.56. The van der Waals surface area contributed by atoms with Gasteiger partial charge in [0, 0.05) is 32.2 Å². The SMILES string of the molecule is CC(C)(C)OC(=O)N1CCC(NN2CCCCC2)C1. The second-order valence-electron chi connectivity index (χ2n) is 6.59. The number of rotatable bonds is 2. The van der Waals surface area contributed by atoms with Gasteiger partial charge in [-0.25, -0.2) is 9.80 Å². The minimum absolute atomic E-state index is 0.185. The normalized spacial score (nSPS) is 25.6. The molecule has 0 aromatic heterocycles. The molecule has 0 aliphatic carbocycles. The number of carbonyl (C=O) groups is 1. The number of hydrogen-bond donors (Lipinski definition) is 1. The number of hydrogen-bond acceptors (Lipinski definition) is 4. The molecule has 5 heteroatoms.